The number of rotatable bonds is 5. The van der Waals surface area contributed by atoms with E-state index < -0.39 is 23.2 Å². The van der Waals surface area contributed by atoms with Gasteiger partial charge in [0.2, 0.25) is 0 Å². The van der Waals surface area contributed by atoms with Gasteiger partial charge >= 0.3 is 138 Å². The van der Waals surface area contributed by atoms with E-state index in [4.69, 9.17) is 4.43 Å². The molecule has 3 heteroatoms. The molecule has 4 rings (SSSR count). The second-order valence-corrected chi connectivity index (χ2v) is 13.0. The molecule has 2 aromatic carbocycles. The minimum Gasteiger partial charge on any atom is -0.422 e. The van der Waals surface area contributed by atoms with E-state index in [1.807, 2.05) is 19.1 Å². The van der Waals surface area contributed by atoms with E-state index in [0.29, 0.717) is 6.10 Å². The normalized spacial score (nSPS) is 18.3. The van der Waals surface area contributed by atoms with Crippen molar-refractivity contribution in [1.82, 2.24) is 0 Å². The molecule has 2 aromatic rings. The molecule has 2 aliphatic carbocycles. The van der Waals surface area contributed by atoms with Crippen molar-refractivity contribution in [2.75, 3.05) is 0 Å². The molecule has 0 bridgehead atoms. The van der Waals surface area contributed by atoms with Gasteiger partial charge in [0.1, 0.15) is 0 Å². The zero-order valence-corrected chi connectivity index (χ0v) is 24.4. The summed E-state index contributed by atoms with van der Waals surface area (Å²) >= 11 is -0.595. The van der Waals surface area contributed by atoms with Crippen LogP contribution in [0.1, 0.15) is 64.1 Å². The topological polar surface area (TPSA) is 9.23 Å². The van der Waals surface area contributed by atoms with Gasteiger partial charge in [-0.05, 0) is 20.8 Å². The Morgan fingerprint density at radius 1 is 0.906 bits per heavy atom. The molecule has 0 fully saturated rings. The van der Waals surface area contributed by atoms with E-state index in [0.717, 1.165) is 7.25 Å². The maximum absolute atomic E-state index is 5.18. The van der Waals surface area contributed by atoms with Crippen molar-refractivity contribution < 1.29 is 27.7 Å². The number of fused-ring (bicyclic) bond motifs is 2. The molecule has 0 aliphatic heterocycles. The van der Waals surface area contributed by atoms with E-state index in [-0.39, 0.29) is 9.76 Å². The maximum atomic E-state index is 5.18. The fourth-order valence-electron chi connectivity index (χ4n) is 4.05. The number of benzene rings is 2. The van der Waals surface area contributed by atoms with Crippen LogP contribution in [0.25, 0.3) is 11.1 Å². The molecular weight excluding hydrogens is 484 g/mol. The van der Waals surface area contributed by atoms with E-state index in [1.54, 1.807) is 17.2 Å². The molecule has 168 valence electrons. The Morgan fingerprint density at radius 3 is 1.69 bits per heavy atom. The summed E-state index contributed by atoms with van der Waals surface area (Å²) in [7, 11) is -0.133. The van der Waals surface area contributed by atoms with Crippen molar-refractivity contribution in [2.45, 2.75) is 54.5 Å². The van der Waals surface area contributed by atoms with E-state index in [9.17, 15) is 0 Å². The van der Waals surface area contributed by atoms with E-state index >= 15 is 0 Å². The third-order valence-corrected chi connectivity index (χ3v) is 10.6. The Balaban J connectivity index is 0.000000277. The standard InChI is InChI=1S/2C10H9.C5H8.C4H12OSi.Zr/c2*1-8-6-7-9-4-2-3-5-10(8)9;1-3-5-4-2;1-4(2)5-6-3;/h2*2-7H,1H3;3-5H,1H2,2H3;4H,6H2,1-3H3;. The predicted molar refractivity (Wildman–Crippen MR) is 141 cm³/mol. The SMILES string of the molecule is C=CC=CC.CC1=C[CH]([Zr][CH]2C=C(C)c3ccccc32)c2ccccc21.C[SiH2]OC(C)C. The van der Waals surface area contributed by atoms with Crippen LogP contribution in [0.5, 0.6) is 0 Å². The number of hydrogen-bond acceptors (Lipinski definition) is 1. The van der Waals surface area contributed by atoms with E-state index in [1.165, 1.54) is 22.3 Å². The molecule has 32 heavy (non-hydrogen) atoms. The van der Waals surface area contributed by atoms with Crippen molar-refractivity contribution >= 4 is 20.9 Å². The van der Waals surface area contributed by atoms with Crippen LogP contribution >= 0.6 is 0 Å². The van der Waals surface area contributed by atoms with E-state index in [2.05, 4.69) is 102 Å². The van der Waals surface area contributed by atoms with Crippen LogP contribution < -0.4 is 0 Å². The van der Waals surface area contributed by atoms with Crippen LogP contribution in [-0.2, 0) is 27.7 Å². The summed E-state index contributed by atoms with van der Waals surface area (Å²) in [6, 6.07) is 18.0. The minimum atomic E-state index is -0.595. The van der Waals surface area contributed by atoms with Crippen molar-refractivity contribution in [2.24, 2.45) is 0 Å². The third-order valence-electron chi connectivity index (χ3n) is 5.46. The van der Waals surface area contributed by atoms with Gasteiger partial charge in [-0.25, -0.2) is 0 Å². The number of hydrogen-bond donors (Lipinski definition) is 0. The molecule has 0 spiro atoms. The summed E-state index contributed by atoms with van der Waals surface area (Å²) in [4.78, 5) is 0. The second kappa shape index (κ2) is 13.9. The predicted octanol–water partition coefficient (Wildman–Crippen LogP) is 7.68. The summed E-state index contributed by atoms with van der Waals surface area (Å²) in [6.07, 6.45) is 11.1. The molecule has 0 N–H and O–H groups in total. The fourth-order valence-corrected chi connectivity index (χ4v) is 9.49. The zero-order valence-electron chi connectivity index (χ0n) is 20.6. The molecule has 0 radical (unpaired) electrons. The average molecular weight is 522 g/mol. The van der Waals surface area contributed by atoms with Crippen LogP contribution in [0.4, 0.5) is 0 Å². The Labute approximate surface area is 209 Å². The largest absolute Gasteiger partial charge is 0.422 e. The maximum Gasteiger partial charge on any atom is 0.158 e. The van der Waals surface area contributed by atoms with Gasteiger partial charge in [-0.15, -0.1) is 0 Å². The van der Waals surface area contributed by atoms with Gasteiger partial charge in [-0.1, -0.05) is 31.4 Å². The monoisotopic (exact) mass is 520 g/mol. The Hall–Kier alpha value is -1.54. The first-order valence-electron chi connectivity index (χ1n) is 11.6. The van der Waals surface area contributed by atoms with Gasteiger partial charge in [0.15, 0.2) is 9.76 Å². The summed E-state index contributed by atoms with van der Waals surface area (Å²) in [5.74, 6) is 0. The zero-order chi connectivity index (χ0) is 23.5. The Bertz CT molecular complexity index is 905. The van der Waals surface area contributed by atoms with Gasteiger partial charge in [0.05, 0.1) is 0 Å². The van der Waals surface area contributed by atoms with Crippen molar-refractivity contribution in [3.63, 3.8) is 0 Å². The molecule has 1 nitrogen and oxygen atoms in total. The van der Waals surface area contributed by atoms with Crippen LogP contribution in [0.15, 0.2) is 85.5 Å². The van der Waals surface area contributed by atoms with Crippen LogP contribution in [0.3, 0.4) is 0 Å². The fraction of sp³-hybridized carbons (Fsp3) is 0.310. The molecule has 2 unspecified atom stereocenters. The van der Waals surface area contributed by atoms with Gasteiger partial charge in [-0.3, -0.25) is 0 Å². The summed E-state index contributed by atoms with van der Waals surface area (Å²) < 4.78 is 6.63. The molecule has 2 aliphatic rings. The molecule has 2 atom stereocenters. The van der Waals surface area contributed by atoms with Gasteiger partial charge in [0, 0.05) is 6.10 Å². The van der Waals surface area contributed by atoms with Crippen LogP contribution in [-0.4, -0.2) is 15.9 Å². The molecule has 0 aromatic heterocycles. The first kappa shape index (κ1) is 26.7. The summed E-state index contributed by atoms with van der Waals surface area (Å²) in [6.45, 7) is 16.2. The smallest absolute Gasteiger partial charge is 0.158 e. The molecular formula is C29H38OSiZr. The molecule has 0 saturated carbocycles. The van der Waals surface area contributed by atoms with Gasteiger partial charge < -0.3 is 4.43 Å². The number of allylic oxidation sites excluding steroid dienone is 7. The molecule has 0 amide bonds. The third kappa shape index (κ3) is 7.51. The summed E-state index contributed by atoms with van der Waals surface area (Å²) in [5, 5.41) is 0. The first-order valence-corrected chi connectivity index (χ1v) is 16.4. The Morgan fingerprint density at radius 2 is 1.38 bits per heavy atom. The first-order chi connectivity index (χ1) is 15.4. The summed E-state index contributed by atoms with van der Waals surface area (Å²) in [5.41, 5.74) is 9.08. The van der Waals surface area contributed by atoms with Gasteiger partial charge in [-0.2, -0.15) is 0 Å². The second-order valence-electron chi connectivity index (χ2n) is 8.26. The Kier molecular flexibility index (Phi) is 11.6. The quantitative estimate of drug-likeness (QED) is 0.290. The minimum absolute atomic E-state index is 0.133. The molecule has 0 saturated heterocycles. The van der Waals surface area contributed by atoms with Gasteiger partial charge in [0.25, 0.3) is 0 Å². The average Bonchev–Trinajstić information content (AvgIpc) is 3.27. The van der Waals surface area contributed by atoms with Crippen molar-refractivity contribution in [3.05, 3.63) is 108 Å². The van der Waals surface area contributed by atoms with Crippen molar-refractivity contribution in [1.29, 1.82) is 0 Å². The van der Waals surface area contributed by atoms with Crippen LogP contribution in [0, 0.1) is 0 Å². The molecule has 0 heterocycles. The van der Waals surface area contributed by atoms with Crippen LogP contribution in [0.2, 0.25) is 6.55 Å². The van der Waals surface area contributed by atoms with Crippen molar-refractivity contribution in [3.8, 4) is 0 Å².